The van der Waals surface area contributed by atoms with Crippen LogP contribution in [0.4, 0.5) is 0 Å². The van der Waals surface area contributed by atoms with Gasteiger partial charge in [0.1, 0.15) is 13.2 Å². The number of carbonyl (C=O) groups excluding carboxylic acids is 3. The molecule has 0 radical (unpaired) electrons. The summed E-state index contributed by atoms with van der Waals surface area (Å²) in [6.07, 6.45) is 53.6. The first-order valence-corrected chi connectivity index (χ1v) is 23.3. The molecule has 0 aromatic heterocycles. The fourth-order valence-corrected chi connectivity index (χ4v) is 6.23. The molecular formula is C50H86O6. The van der Waals surface area contributed by atoms with Crippen LogP contribution in [-0.2, 0) is 28.6 Å². The molecular weight excluding hydrogens is 697 g/mol. The Balaban J connectivity index is 4.49. The summed E-state index contributed by atoms with van der Waals surface area (Å²) in [5.74, 6) is -1.01. The molecule has 322 valence electrons. The van der Waals surface area contributed by atoms with Crippen LogP contribution in [0.1, 0.15) is 220 Å². The largest absolute Gasteiger partial charge is 0.462 e. The number of hydrogen-bond acceptors (Lipinski definition) is 6. The van der Waals surface area contributed by atoms with Crippen LogP contribution in [0.5, 0.6) is 0 Å². The fraction of sp³-hybridized carbons (Fsp3) is 0.740. The van der Waals surface area contributed by atoms with E-state index in [1.54, 1.807) is 0 Å². The summed E-state index contributed by atoms with van der Waals surface area (Å²) < 4.78 is 16.6. The summed E-state index contributed by atoms with van der Waals surface area (Å²) in [5.41, 5.74) is 0. The number of hydrogen-bond donors (Lipinski definition) is 0. The van der Waals surface area contributed by atoms with E-state index in [2.05, 4.69) is 75.5 Å². The number of rotatable bonds is 41. The second-order valence-corrected chi connectivity index (χ2v) is 15.3. The summed E-state index contributed by atoms with van der Waals surface area (Å²) >= 11 is 0. The smallest absolute Gasteiger partial charge is 0.306 e. The second-order valence-electron chi connectivity index (χ2n) is 15.3. The minimum absolute atomic E-state index is 0.105. The van der Waals surface area contributed by atoms with Gasteiger partial charge in [-0.3, -0.25) is 14.4 Å². The summed E-state index contributed by atoms with van der Waals surface area (Å²) in [5, 5.41) is 0. The fourth-order valence-electron chi connectivity index (χ4n) is 6.23. The highest BCUT2D eigenvalue weighted by Crippen LogP contribution is 2.12. The molecule has 6 heteroatoms. The van der Waals surface area contributed by atoms with Crippen molar-refractivity contribution in [1.29, 1.82) is 0 Å². The molecule has 0 amide bonds. The minimum Gasteiger partial charge on any atom is -0.462 e. The number of ether oxygens (including phenoxy) is 3. The Morgan fingerprint density at radius 1 is 0.375 bits per heavy atom. The van der Waals surface area contributed by atoms with Crippen molar-refractivity contribution in [2.24, 2.45) is 0 Å². The summed E-state index contributed by atoms with van der Waals surface area (Å²) in [6.45, 7) is 6.42. The van der Waals surface area contributed by atoms with Crippen molar-refractivity contribution in [3.05, 3.63) is 60.8 Å². The van der Waals surface area contributed by atoms with Gasteiger partial charge in [-0.25, -0.2) is 0 Å². The zero-order chi connectivity index (χ0) is 40.8. The van der Waals surface area contributed by atoms with Crippen LogP contribution in [-0.4, -0.2) is 37.2 Å². The van der Waals surface area contributed by atoms with Crippen molar-refractivity contribution in [2.75, 3.05) is 13.2 Å². The molecule has 0 N–H and O–H groups in total. The first-order chi connectivity index (χ1) is 27.5. The molecule has 1 atom stereocenters. The topological polar surface area (TPSA) is 78.9 Å². The van der Waals surface area contributed by atoms with Gasteiger partial charge in [0.25, 0.3) is 0 Å². The maximum Gasteiger partial charge on any atom is 0.306 e. The first kappa shape index (κ1) is 53.1. The molecule has 0 aliphatic heterocycles. The van der Waals surface area contributed by atoms with Crippen molar-refractivity contribution in [3.63, 3.8) is 0 Å². The van der Waals surface area contributed by atoms with Crippen molar-refractivity contribution in [3.8, 4) is 0 Å². The van der Waals surface area contributed by atoms with Crippen LogP contribution < -0.4 is 0 Å². The first-order valence-electron chi connectivity index (χ1n) is 23.3. The van der Waals surface area contributed by atoms with Gasteiger partial charge in [0.05, 0.1) is 0 Å². The average Bonchev–Trinajstić information content (AvgIpc) is 3.19. The van der Waals surface area contributed by atoms with Gasteiger partial charge >= 0.3 is 17.9 Å². The Kier molecular flexibility index (Phi) is 42.5. The Hall–Kier alpha value is -2.89. The number of esters is 3. The van der Waals surface area contributed by atoms with Crippen molar-refractivity contribution >= 4 is 17.9 Å². The molecule has 6 nitrogen and oxygen atoms in total. The van der Waals surface area contributed by atoms with Crippen molar-refractivity contribution in [1.82, 2.24) is 0 Å². The Morgan fingerprint density at radius 3 is 1.21 bits per heavy atom. The standard InChI is InChI=1S/C50H86O6/c1-4-7-10-13-16-19-22-25-28-31-34-37-40-43-49(52)55-46-47(45-54-48(51)42-39-36-33-30-27-24-21-18-15-12-9-6-3)56-50(53)44-41-38-35-32-29-26-23-20-17-14-11-8-5-2/h9,12,18,21,25-26,28-29,34,37,47H,4-8,10-11,13-17,19-20,22-24,27,30-33,35-36,38-46H2,1-3H3/b12-9-,21-18-,28-25-,29-26-,37-34-. The van der Waals surface area contributed by atoms with E-state index in [9.17, 15) is 14.4 Å². The lowest BCUT2D eigenvalue weighted by molar-refractivity contribution is -0.166. The zero-order valence-electron chi connectivity index (χ0n) is 36.6. The van der Waals surface area contributed by atoms with Crippen LogP contribution in [0.25, 0.3) is 0 Å². The zero-order valence-corrected chi connectivity index (χ0v) is 36.6. The van der Waals surface area contributed by atoms with Gasteiger partial charge in [-0.2, -0.15) is 0 Å². The van der Waals surface area contributed by atoms with Crippen LogP contribution in [0, 0.1) is 0 Å². The monoisotopic (exact) mass is 783 g/mol. The predicted molar refractivity (Wildman–Crippen MR) is 238 cm³/mol. The van der Waals surface area contributed by atoms with Gasteiger partial charge in [-0.1, -0.05) is 171 Å². The Labute approximate surface area is 345 Å². The lowest BCUT2D eigenvalue weighted by Gasteiger charge is -2.18. The lowest BCUT2D eigenvalue weighted by Crippen LogP contribution is -2.30. The van der Waals surface area contributed by atoms with Gasteiger partial charge in [0.15, 0.2) is 6.10 Å². The van der Waals surface area contributed by atoms with Crippen LogP contribution in [0.15, 0.2) is 60.8 Å². The molecule has 0 rings (SSSR count). The minimum atomic E-state index is -0.807. The number of unbranched alkanes of at least 4 members (excludes halogenated alkanes) is 20. The molecule has 56 heavy (non-hydrogen) atoms. The lowest BCUT2D eigenvalue weighted by atomic mass is 10.1. The number of allylic oxidation sites excluding steroid dienone is 10. The molecule has 0 saturated carbocycles. The quantitative estimate of drug-likeness (QED) is 0.0266. The highest BCUT2D eigenvalue weighted by Gasteiger charge is 2.19. The third-order valence-electron chi connectivity index (χ3n) is 9.74. The highest BCUT2D eigenvalue weighted by atomic mass is 16.6. The molecule has 0 fully saturated rings. The number of carbonyl (C=O) groups is 3. The Morgan fingerprint density at radius 2 is 0.732 bits per heavy atom. The van der Waals surface area contributed by atoms with Gasteiger partial charge in [-0.05, 0) is 89.9 Å². The van der Waals surface area contributed by atoms with Crippen LogP contribution >= 0.6 is 0 Å². The second kappa shape index (κ2) is 44.8. The van der Waals surface area contributed by atoms with E-state index in [4.69, 9.17) is 14.2 Å². The molecule has 0 bridgehead atoms. The summed E-state index contributed by atoms with van der Waals surface area (Å²) in [4.78, 5) is 37.7. The van der Waals surface area contributed by atoms with Gasteiger partial charge in [-0.15, -0.1) is 0 Å². The van der Waals surface area contributed by atoms with Crippen LogP contribution in [0.3, 0.4) is 0 Å². The average molecular weight is 783 g/mol. The SMILES string of the molecule is CC/C=C\C/C=C\CCCCCCCC(=O)OCC(COC(=O)CC/C=C\C/C=C\CCCCCCCC)OC(=O)CCCCC/C=C\CCCCCCCC. The third kappa shape index (κ3) is 42.3. The maximum atomic E-state index is 12.7. The van der Waals surface area contributed by atoms with E-state index in [0.29, 0.717) is 19.3 Å². The molecule has 0 aromatic carbocycles. The van der Waals surface area contributed by atoms with E-state index >= 15 is 0 Å². The van der Waals surface area contributed by atoms with E-state index in [-0.39, 0.29) is 37.5 Å². The molecule has 1 unspecified atom stereocenters. The van der Waals surface area contributed by atoms with E-state index in [1.807, 2.05) is 6.08 Å². The van der Waals surface area contributed by atoms with E-state index in [1.165, 1.54) is 77.0 Å². The van der Waals surface area contributed by atoms with E-state index in [0.717, 1.165) is 96.3 Å². The van der Waals surface area contributed by atoms with Crippen LogP contribution in [0.2, 0.25) is 0 Å². The molecule has 0 aliphatic rings. The third-order valence-corrected chi connectivity index (χ3v) is 9.74. The summed E-state index contributed by atoms with van der Waals surface area (Å²) in [7, 11) is 0. The van der Waals surface area contributed by atoms with Gasteiger partial charge in [0.2, 0.25) is 0 Å². The predicted octanol–water partition coefficient (Wildman–Crippen LogP) is 14.9. The molecule has 0 saturated heterocycles. The molecule has 0 aromatic rings. The van der Waals surface area contributed by atoms with Crippen molar-refractivity contribution < 1.29 is 28.6 Å². The maximum absolute atomic E-state index is 12.7. The molecule has 0 heterocycles. The summed E-state index contributed by atoms with van der Waals surface area (Å²) in [6, 6.07) is 0. The van der Waals surface area contributed by atoms with Crippen molar-refractivity contribution in [2.45, 2.75) is 226 Å². The highest BCUT2D eigenvalue weighted by molar-refractivity contribution is 5.71. The van der Waals surface area contributed by atoms with Gasteiger partial charge in [0, 0.05) is 19.3 Å². The Bertz CT molecular complexity index is 1040. The van der Waals surface area contributed by atoms with Gasteiger partial charge < -0.3 is 14.2 Å². The van der Waals surface area contributed by atoms with E-state index < -0.39 is 6.10 Å². The molecule has 0 spiro atoms. The molecule has 0 aliphatic carbocycles. The normalized spacial score (nSPS) is 12.6.